The number of H-pyrrole nitrogens is 2. The average Bonchev–Trinajstić information content (AvgIpc) is 3.79. The van der Waals surface area contributed by atoms with Crippen LogP contribution in [0.4, 0.5) is 0 Å². The fourth-order valence-corrected chi connectivity index (χ4v) is 6.29. The van der Waals surface area contributed by atoms with Crippen molar-refractivity contribution in [2.45, 2.75) is 39.5 Å². The molecule has 0 unspecified atom stereocenters. The Kier molecular flexibility index (Phi) is 7.24. The van der Waals surface area contributed by atoms with Gasteiger partial charge in [0.05, 0.1) is 22.9 Å². The highest BCUT2D eigenvalue weighted by molar-refractivity contribution is 7.16. The summed E-state index contributed by atoms with van der Waals surface area (Å²) in [4.78, 5) is 20.1. The van der Waals surface area contributed by atoms with Crippen LogP contribution in [0.1, 0.15) is 50.1 Å². The van der Waals surface area contributed by atoms with E-state index in [0.29, 0.717) is 17.4 Å². The van der Waals surface area contributed by atoms with Gasteiger partial charge in [0, 0.05) is 32.9 Å². The van der Waals surface area contributed by atoms with Crippen LogP contribution in [0.2, 0.25) is 0 Å². The van der Waals surface area contributed by atoms with Gasteiger partial charge in [0.15, 0.2) is 11.5 Å². The van der Waals surface area contributed by atoms with Gasteiger partial charge in [0.1, 0.15) is 11.0 Å². The first-order valence-electron chi connectivity index (χ1n) is 13.9. The van der Waals surface area contributed by atoms with E-state index >= 15 is 0 Å². The minimum Gasteiger partial charge on any atom is -0.359 e. The van der Waals surface area contributed by atoms with E-state index in [1.807, 2.05) is 38.3 Å². The van der Waals surface area contributed by atoms with Gasteiger partial charge in [-0.1, -0.05) is 38.7 Å². The number of aromatic amines is 2. The zero-order valence-electron chi connectivity index (χ0n) is 23.4. The van der Waals surface area contributed by atoms with Crippen molar-refractivity contribution in [1.82, 2.24) is 35.5 Å². The molecule has 0 aromatic carbocycles. The summed E-state index contributed by atoms with van der Waals surface area (Å²) in [5.41, 5.74) is 9.72. The van der Waals surface area contributed by atoms with Gasteiger partial charge in [-0.3, -0.25) is 10.1 Å². The number of aromatic nitrogens is 6. The molecule has 5 aromatic rings. The standard InChI is InChI=1S/C33H33N7S/c1-6-21(16-23(7-2)35-20(5)22-10-8-9-11-22)25-12-13-26-31(36-25)32(40-39-26)33-37-27-18-34-17-24(30(27)38-33)29-15-14-28(41-29)19(3)4/h6-7,12-18,22,35H,2-3,5,8-11H2,1,4H3,(H,37,38)(H,39,40)/b21-6+,23-16+. The lowest BCUT2D eigenvalue weighted by Crippen LogP contribution is -2.16. The van der Waals surface area contributed by atoms with Gasteiger partial charge in [0.25, 0.3) is 0 Å². The Balaban J connectivity index is 1.35. The summed E-state index contributed by atoms with van der Waals surface area (Å²) in [5.74, 6) is 1.16. The second-order valence-corrected chi connectivity index (χ2v) is 11.5. The Morgan fingerprint density at radius 1 is 1.05 bits per heavy atom. The molecule has 0 aliphatic heterocycles. The molecule has 5 heterocycles. The maximum Gasteiger partial charge on any atom is 0.161 e. The van der Waals surface area contributed by atoms with E-state index in [2.05, 4.69) is 69.5 Å². The second-order valence-electron chi connectivity index (χ2n) is 10.5. The molecule has 0 spiro atoms. The summed E-state index contributed by atoms with van der Waals surface area (Å²) in [6, 6.07) is 8.19. The molecule has 7 nitrogen and oxygen atoms in total. The molecule has 0 saturated heterocycles. The topological polar surface area (TPSA) is 95.2 Å². The van der Waals surface area contributed by atoms with Gasteiger partial charge in [0.2, 0.25) is 0 Å². The number of hydrogen-bond donors (Lipinski definition) is 3. The van der Waals surface area contributed by atoms with Crippen molar-refractivity contribution in [2.75, 3.05) is 0 Å². The SMILES string of the molecule is C=C/C(=C\C(=C/C)c1ccc2[nH]nc(-c3nc4c(-c5ccc(C(=C)C)s5)cncc4[nH]3)c2n1)NC(=C)C1CCCC1. The third-order valence-corrected chi connectivity index (χ3v) is 8.89. The third kappa shape index (κ3) is 5.18. The number of allylic oxidation sites excluding steroid dienone is 6. The van der Waals surface area contributed by atoms with Crippen molar-refractivity contribution in [3.05, 3.63) is 96.6 Å². The second kappa shape index (κ2) is 11.1. The van der Waals surface area contributed by atoms with E-state index in [9.17, 15) is 0 Å². The maximum atomic E-state index is 5.03. The fourth-order valence-electron chi connectivity index (χ4n) is 5.34. The molecule has 1 fully saturated rings. The fraction of sp³-hybridized carbons (Fsp3) is 0.212. The van der Waals surface area contributed by atoms with Gasteiger partial charge in [-0.15, -0.1) is 11.3 Å². The minimum atomic E-state index is 0.517. The van der Waals surface area contributed by atoms with E-state index in [4.69, 9.17) is 9.97 Å². The molecule has 6 rings (SSSR count). The zero-order valence-corrected chi connectivity index (χ0v) is 24.2. The number of hydrogen-bond acceptors (Lipinski definition) is 6. The predicted octanol–water partition coefficient (Wildman–Crippen LogP) is 8.42. The molecule has 1 aliphatic carbocycles. The molecule has 0 amide bonds. The summed E-state index contributed by atoms with van der Waals surface area (Å²) in [7, 11) is 0. The Morgan fingerprint density at radius 3 is 2.61 bits per heavy atom. The highest BCUT2D eigenvalue weighted by Gasteiger charge is 2.20. The highest BCUT2D eigenvalue weighted by atomic mass is 32.1. The lowest BCUT2D eigenvalue weighted by atomic mass is 10.0. The molecule has 0 radical (unpaired) electrons. The molecule has 1 saturated carbocycles. The zero-order chi connectivity index (χ0) is 28.5. The van der Waals surface area contributed by atoms with Gasteiger partial charge in [-0.25, -0.2) is 9.97 Å². The Hall–Kier alpha value is -4.56. The predicted molar refractivity (Wildman–Crippen MR) is 171 cm³/mol. The van der Waals surface area contributed by atoms with Crippen molar-refractivity contribution in [3.8, 4) is 22.0 Å². The first-order valence-corrected chi connectivity index (χ1v) is 14.7. The molecule has 1 aliphatic rings. The molecule has 0 atom stereocenters. The number of nitrogens with one attached hydrogen (secondary N) is 3. The quantitative estimate of drug-likeness (QED) is 0.158. The van der Waals surface area contributed by atoms with E-state index in [0.717, 1.165) is 65.6 Å². The summed E-state index contributed by atoms with van der Waals surface area (Å²) < 4.78 is 0. The highest BCUT2D eigenvalue weighted by Crippen LogP contribution is 2.36. The average molecular weight is 560 g/mol. The number of rotatable bonds is 9. The molecular formula is C33H33N7S. The van der Waals surface area contributed by atoms with Gasteiger partial charge >= 0.3 is 0 Å². The summed E-state index contributed by atoms with van der Waals surface area (Å²) in [5, 5.41) is 11.2. The molecule has 41 heavy (non-hydrogen) atoms. The van der Waals surface area contributed by atoms with Crippen molar-refractivity contribution < 1.29 is 0 Å². The van der Waals surface area contributed by atoms with Crippen LogP contribution in [0.5, 0.6) is 0 Å². The molecule has 8 heteroatoms. The molecular weight excluding hydrogens is 526 g/mol. The van der Waals surface area contributed by atoms with Gasteiger partial charge in [-0.2, -0.15) is 5.10 Å². The lowest BCUT2D eigenvalue weighted by molar-refractivity contribution is 0.607. The smallest absolute Gasteiger partial charge is 0.161 e. The minimum absolute atomic E-state index is 0.517. The van der Waals surface area contributed by atoms with Crippen molar-refractivity contribution in [2.24, 2.45) is 5.92 Å². The number of fused-ring (bicyclic) bond motifs is 2. The summed E-state index contributed by atoms with van der Waals surface area (Å²) in [6.45, 7) is 16.4. The van der Waals surface area contributed by atoms with Crippen LogP contribution in [0, 0.1) is 5.92 Å². The Bertz CT molecular complexity index is 1860. The van der Waals surface area contributed by atoms with Crippen LogP contribution >= 0.6 is 11.3 Å². The van der Waals surface area contributed by atoms with E-state index in [1.165, 1.54) is 25.7 Å². The third-order valence-electron chi connectivity index (χ3n) is 7.61. The van der Waals surface area contributed by atoms with Crippen LogP contribution in [-0.2, 0) is 0 Å². The number of thiophene rings is 1. The molecule has 5 aromatic heterocycles. The number of nitrogens with zero attached hydrogens (tertiary/aromatic N) is 4. The van der Waals surface area contributed by atoms with Gasteiger partial charge < -0.3 is 10.3 Å². The lowest BCUT2D eigenvalue weighted by Gasteiger charge is -2.16. The van der Waals surface area contributed by atoms with Crippen LogP contribution < -0.4 is 5.32 Å². The Labute approximate surface area is 243 Å². The molecule has 206 valence electrons. The van der Waals surface area contributed by atoms with Crippen LogP contribution in [0.25, 0.3) is 55.2 Å². The van der Waals surface area contributed by atoms with Crippen LogP contribution in [0.3, 0.4) is 0 Å². The van der Waals surface area contributed by atoms with E-state index in [1.54, 1.807) is 17.5 Å². The normalized spacial score (nSPS) is 14.7. The summed E-state index contributed by atoms with van der Waals surface area (Å²) >= 11 is 1.69. The van der Waals surface area contributed by atoms with Gasteiger partial charge in [-0.05, 0) is 80.2 Å². The Morgan fingerprint density at radius 2 is 1.88 bits per heavy atom. The first-order chi connectivity index (χ1) is 19.9. The molecule has 3 N–H and O–H groups in total. The van der Waals surface area contributed by atoms with Crippen LogP contribution in [-0.4, -0.2) is 30.1 Å². The summed E-state index contributed by atoms with van der Waals surface area (Å²) in [6.07, 6.45) is 14.5. The number of imidazole rings is 1. The van der Waals surface area contributed by atoms with E-state index in [-0.39, 0.29) is 0 Å². The maximum absolute atomic E-state index is 5.03. The van der Waals surface area contributed by atoms with E-state index < -0.39 is 0 Å². The largest absolute Gasteiger partial charge is 0.359 e. The van der Waals surface area contributed by atoms with Crippen molar-refractivity contribution in [1.29, 1.82) is 0 Å². The molecule has 0 bridgehead atoms. The monoisotopic (exact) mass is 559 g/mol. The first kappa shape index (κ1) is 26.7. The van der Waals surface area contributed by atoms with Crippen LogP contribution in [0.15, 0.2) is 86.0 Å². The number of pyridine rings is 2. The van der Waals surface area contributed by atoms with Crippen molar-refractivity contribution in [3.63, 3.8) is 0 Å². The van der Waals surface area contributed by atoms with Crippen molar-refractivity contribution >= 4 is 44.5 Å².